The number of hydrogen-bond acceptors (Lipinski definition) is 5. The number of aliphatic imine (C=N–C) groups is 1. The molecular weight excluding hydrogens is 474 g/mol. The lowest BCUT2D eigenvalue weighted by molar-refractivity contribution is -0.139. The van der Waals surface area contributed by atoms with Crippen LogP contribution in [0.25, 0.3) is 0 Å². The number of nitrogens with two attached hydrogens (primary N) is 1. The highest BCUT2D eigenvalue weighted by molar-refractivity contribution is 6.09. The fourth-order valence-electron chi connectivity index (χ4n) is 5.39. The summed E-state index contributed by atoms with van der Waals surface area (Å²) in [6.07, 6.45) is 10.3. The zero-order chi connectivity index (χ0) is 28.1. The van der Waals surface area contributed by atoms with Crippen LogP contribution in [0.4, 0.5) is 0 Å². The van der Waals surface area contributed by atoms with Crippen LogP contribution in [-0.4, -0.2) is 54.1 Å². The van der Waals surface area contributed by atoms with Gasteiger partial charge in [0.15, 0.2) is 5.78 Å². The van der Waals surface area contributed by atoms with E-state index < -0.39 is 0 Å². The number of allylic oxidation sites excluding steroid dienone is 1. The van der Waals surface area contributed by atoms with E-state index >= 15 is 0 Å². The molecule has 38 heavy (non-hydrogen) atoms. The van der Waals surface area contributed by atoms with Crippen LogP contribution in [0.1, 0.15) is 110 Å². The van der Waals surface area contributed by atoms with Crippen LogP contribution in [0, 0.1) is 0 Å². The third-order valence-corrected chi connectivity index (χ3v) is 7.32. The van der Waals surface area contributed by atoms with Gasteiger partial charge in [0.1, 0.15) is 5.70 Å². The second-order valence-electron chi connectivity index (χ2n) is 10.9. The van der Waals surface area contributed by atoms with Crippen LogP contribution in [0.5, 0.6) is 0 Å². The van der Waals surface area contributed by atoms with E-state index in [0.29, 0.717) is 13.1 Å². The summed E-state index contributed by atoms with van der Waals surface area (Å²) in [6.45, 7) is 13.5. The smallest absolute Gasteiger partial charge is 0.270 e. The molecule has 1 unspecified atom stereocenters. The van der Waals surface area contributed by atoms with Gasteiger partial charge in [0, 0.05) is 24.4 Å². The molecule has 1 aromatic carbocycles. The average Bonchev–Trinajstić information content (AvgIpc) is 3.37. The van der Waals surface area contributed by atoms with Crippen molar-refractivity contribution in [2.45, 2.75) is 117 Å². The Bertz CT molecular complexity index is 958. The van der Waals surface area contributed by atoms with Gasteiger partial charge in [-0.1, -0.05) is 64.3 Å². The Morgan fingerprint density at radius 2 is 1.79 bits per heavy atom. The van der Waals surface area contributed by atoms with Gasteiger partial charge in [0.25, 0.3) is 5.91 Å². The first-order chi connectivity index (χ1) is 18.2. The molecule has 212 valence electrons. The molecular formula is C32H51N3O3. The molecule has 1 aromatic rings. The number of aryl methyl sites for hydroxylation is 1. The molecule has 0 aromatic heterocycles. The fraction of sp³-hybridized carbons (Fsp3) is 0.656. The van der Waals surface area contributed by atoms with Gasteiger partial charge in [-0.05, 0) is 76.3 Å². The molecule has 2 aliphatic rings. The fourth-order valence-corrected chi connectivity index (χ4v) is 5.39. The van der Waals surface area contributed by atoms with Gasteiger partial charge in [0.05, 0.1) is 18.8 Å². The van der Waals surface area contributed by atoms with Gasteiger partial charge in [-0.3, -0.25) is 14.6 Å². The highest BCUT2D eigenvalue weighted by atomic mass is 16.5. The number of Topliss-reactive ketones (excluding diaryl/α,β-unsaturated/α-hetero) is 1. The van der Waals surface area contributed by atoms with E-state index in [9.17, 15) is 9.59 Å². The average molecular weight is 526 g/mol. The molecule has 0 bridgehead atoms. The molecule has 6 nitrogen and oxygen atoms in total. The number of ether oxygens (including phenoxy) is 1. The van der Waals surface area contributed by atoms with Gasteiger partial charge in [0.2, 0.25) is 0 Å². The number of nitrogens with zero attached hydrogens (tertiary/aromatic N) is 2. The standard InChI is InChI=1S/C16H25N3O3.C16H26/c1-10(20)7-18-14-6-4-5-13(14)15(17)16(21)19-8-11(2)22-12(3)9-19;1-4-7-11-15(9-5-2)16-12-8-10-14(6-3)13-16/h11-12H,4-9,17H2,1-3H3;8,10,12-13,15H,4-7,9,11H2,1-3H3/b15-13-,18-14?;/t11-,12+;. The molecule has 1 saturated heterocycles. The summed E-state index contributed by atoms with van der Waals surface area (Å²) >= 11 is 0. The molecule has 2 fully saturated rings. The van der Waals surface area contributed by atoms with Crippen LogP contribution in [0.3, 0.4) is 0 Å². The van der Waals surface area contributed by atoms with E-state index in [1.807, 2.05) is 13.8 Å². The van der Waals surface area contributed by atoms with E-state index in [1.54, 1.807) is 10.5 Å². The molecule has 0 spiro atoms. The minimum Gasteiger partial charge on any atom is -0.394 e. The third kappa shape index (κ3) is 10.0. The van der Waals surface area contributed by atoms with E-state index in [4.69, 9.17) is 10.5 Å². The highest BCUT2D eigenvalue weighted by Gasteiger charge is 2.30. The number of carbonyl (C=O) groups is 2. The molecule has 1 aliphatic carbocycles. The van der Waals surface area contributed by atoms with Crippen molar-refractivity contribution in [3.05, 3.63) is 46.7 Å². The minimum atomic E-state index is -0.144. The lowest BCUT2D eigenvalue weighted by Crippen LogP contribution is -2.49. The number of benzene rings is 1. The Balaban J connectivity index is 0.000000281. The number of carbonyl (C=O) groups excluding carboxylic acids is 2. The van der Waals surface area contributed by atoms with Crippen molar-refractivity contribution in [2.24, 2.45) is 10.7 Å². The second-order valence-corrected chi connectivity index (χ2v) is 10.9. The van der Waals surface area contributed by atoms with Crippen LogP contribution in [-0.2, 0) is 20.7 Å². The van der Waals surface area contributed by atoms with Crippen molar-refractivity contribution >= 4 is 17.4 Å². The van der Waals surface area contributed by atoms with Crippen molar-refractivity contribution < 1.29 is 14.3 Å². The summed E-state index contributed by atoms with van der Waals surface area (Å²) in [7, 11) is 0. The summed E-state index contributed by atoms with van der Waals surface area (Å²) in [5.74, 6) is 0.658. The predicted molar refractivity (Wildman–Crippen MR) is 158 cm³/mol. The second kappa shape index (κ2) is 16.5. The van der Waals surface area contributed by atoms with Gasteiger partial charge in [-0.15, -0.1) is 0 Å². The molecule has 1 heterocycles. The summed E-state index contributed by atoms with van der Waals surface area (Å²) < 4.78 is 5.65. The minimum absolute atomic E-state index is 0.0134. The van der Waals surface area contributed by atoms with Crippen molar-refractivity contribution in [1.29, 1.82) is 0 Å². The summed E-state index contributed by atoms with van der Waals surface area (Å²) in [6, 6.07) is 9.19. The SMILES string of the molecule is CC(=O)CN=C1CCC/C1=C(/N)C(=O)N1C[C@@H](C)O[C@@H](C)C1.CCCCC(CCC)c1cccc(CC)c1. The lowest BCUT2D eigenvalue weighted by Gasteiger charge is -2.35. The van der Waals surface area contributed by atoms with Crippen LogP contribution >= 0.6 is 0 Å². The molecule has 1 saturated carbocycles. The van der Waals surface area contributed by atoms with Gasteiger partial charge >= 0.3 is 0 Å². The topological polar surface area (TPSA) is 85.0 Å². The Morgan fingerprint density at radius 3 is 2.39 bits per heavy atom. The molecule has 0 radical (unpaired) electrons. The third-order valence-electron chi connectivity index (χ3n) is 7.32. The largest absolute Gasteiger partial charge is 0.394 e. The normalized spacial score (nSPS) is 22.6. The number of ketones is 1. The number of hydrogen-bond donors (Lipinski definition) is 1. The van der Waals surface area contributed by atoms with E-state index in [0.717, 1.165) is 42.9 Å². The van der Waals surface area contributed by atoms with Crippen molar-refractivity contribution in [1.82, 2.24) is 4.90 Å². The Hall–Kier alpha value is -2.47. The monoisotopic (exact) mass is 525 g/mol. The van der Waals surface area contributed by atoms with Gasteiger partial charge < -0.3 is 15.4 Å². The number of amides is 1. The summed E-state index contributed by atoms with van der Waals surface area (Å²) in [4.78, 5) is 29.8. The molecule has 1 aliphatic heterocycles. The zero-order valence-electron chi connectivity index (χ0n) is 24.7. The molecule has 1 amide bonds. The highest BCUT2D eigenvalue weighted by Crippen LogP contribution is 2.28. The summed E-state index contributed by atoms with van der Waals surface area (Å²) in [5, 5.41) is 0. The van der Waals surface area contributed by atoms with Crippen LogP contribution in [0.2, 0.25) is 0 Å². The molecule has 3 rings (SSSR count). The maximum Gasteiger partial charge on any atom is 0.270 e. The Labute approximate surface area is 231 Å². The summed E-state index contributed by atoms with van der Waals surface area (Å²) in [5.41, 5.74) is 11.1. The van der Waals surface area contributed by atoms with E-state index in [2.05, 4.69) is 50.0 Å². The lowest BCUT2D eigenvalue weighted by atomic mass is 9.88. The molecule has 6 heteroatoms. The number of morpholine rings is 1. The quantitative estimate of drug-likeness (QED) is 0.360. The number of rotatable bonds is 10. The predicted octanol–water partition coefficient (Wildman–Crippen LogP) is 6.37. The zero-order valence-corrected chi connectivity index (χ0v) is 24.7. The van der Waals surface area contributed by atoms with Crippen molar-refractivity contribution in [3.8, 4) is 0 Å². The van der Waals surface area contributed by atoms with Crippen molar-refractivity contribution in [2.75, 3.05) is 19.6 Å². The van der Waals surface area contributed by atoms with E-state index in [-0.39, 0.29) is 36.1 Å². The Morgan fingerprint density at radius 1 is 1.08 bits per heavy atom. The van der Waals surface area contributed by atoms with Crippen LogP contribution in [0.15, 0.2) is 40.5 Å². The van der Waals surface area contributed by atoms with Crippen LogP contribution < -0.4 is 5.73 Å². The van der Waals surface area contributed by atoms with Gasteiger partial charge in [-0.2, -0.15) is 0 Å². The number of unbranched alkanes of at least 4 members (excludes halogenated alkanes) is 1. The first-order valence-electron chi connectivity index (χ1n) is 14.7. The van der Waals surface area contributed by atoms with E-state index in [1.165, 1.54) is 44.6 Å². The Kier molecular flexibility index (Phi) is 13.8. The molecule has 2 N–H and O–H groups in total. The maximum absolute atomic E-state index is 12.6. The molecule has 3 atom stereocenters. The maximum atomic E-state index is 12.6. The first-order valence-corrected chi connectivity index (χ1v) is 14.7. The first kappa shape index (κ1) is 31.7. The van der Waals surface area contributed by atoms with Gasteiger partial charge in [-0.25, -0.2) is 0 Å². The van der Waals surface area contributed by atoms with Crippen molar-refractivity contribution in [3.63, 3.8) is 0 Å².